The molecule has 0 aliphatic rings. The van der Waals surface area contributed by atoms with Crippen molar-refractivity contribution in [2.75, 3.05) is 31.4 Å². The van der Waals surface area contributed by atoms with E-state index in [1.54, 1.807) is 13.3 Å². The molecule has 136 valence electrons. The summed E-state index contributed by atoms with van der Waals surface area (Å²) in [7, 11) is 5.72. The van der Waals surface area contributed by atoms with Crippen LogP contribution in [0.1, 0.15) is 0 Å². The largest absolute Gasteiger partial charge is 0.497 e. The van der Waals surface area contributed by atoms with Crippen LogP contribution in [0.4, 0.5) is 17.2 Å². The van der Waals surface area contributed by atoms with Crippen molar-refractivity contribution < 1.29 is 4.74 Å². The second-order valence-electron chi connectivity index (χ2n) is 6.42. The van der Waals surface area contributed by atoms with Gasteiger partial charge in [0.05, 0.1) is 13.3 Å². The number of methoxy groups -OCH3 is 1. The molecule has 0 unspecified atom stereocenters. The third-order valence-corrected chi connectivity index (χ3v) is 4.44. The van der Waals surface area contributed by atoms with Gasteiger partial charge >= 0.3 is 0 Å². The Morgan fingerprint density at radius 2 is 1.85 bits per heavy atom. The Morgan fingerprint density at radius 1 is 1.04 bits per heavy atom. The number of hydrogen-bond acceptors (Lipinski definition) is 5. The topological polar surface area (TPSA) is 54.7 Å². The van der Waals surface area contributed by atoms with Crippen LogP contribution in [0.2, 0.25) is 0 Å². The lowest BCUT2D eigenvalue weighted by Crippen LogP contribution is -2.08. The quantitative estimate of drug-likeness (QED) is 0.578. The van der Waals surface area contributed by atoms with E-state index in [2.05, 4.69) is 38.5 Å². The SMILES string of the molecule is COc1ccc(Nc2ccnc3c(-c4cccc(N(C)C)c4)cnn23)cc1. The van der Waals surface area contributed by atoms with E-state index < -0.39 is 0 Å². The molecule has 0 fully saturated rings. The highest BCUT2D eigenvalue weighted by atomic mass is 16.5. The standard InChI is InChI=1S/C21H21N5O/c1-25(2)17-6-4-5-15(13-17)19-14-23-26-20(11-12-22-21(19)26)24-16-7-9-18(27-3)10-8-16/h4-14,24H,1-3H3. The van der Waals surface area contributed by atoms with E-state index >= 15 is 0 Å². The van der Waals surface area contributed by atoms with Gasteiger partial charge < -0.3 is 15.0 Å². The molecule has 2 aromatic carbocycles. The Kier molecular flexibility index (Phi) is 4.38. The summed E-state index contributed by atoms with van der Waals surface area (Å²) >= 11 is 0. The lowest BCUT2D eigenvalue weighted by atomic mass is 10.1. The van der Waals surface area contributed by atoms with Crippen LogP contribution in [0.3, 0.4) is 0 Å². The van der Waals surface area contributed by atoms with E-state index in [9.17, 15) is 0 Å². The predicted molar refractivity (Wildman–Crippen MR) is 109 cm³/mol. The van der Waals surface area contributed by atoms with Crippen LogP contribution in [0.25, 0.3) is 16.8 Å². The molecule has 0 amide bonds. The molecule has 0 bridgehead atoms. The molecule has 0 atom stereocenters. The first-order valence-electron chi connectivity index (χ1n) is 8.67. The summed E-state index contributed by atoms with van der Waals surface area (Å²) < 4.78 is 7.03. The van der Waals surface area contributed by atoms with Crippen molar-refractivity contribution in [2.24, 2.45) is 0 Å². The van der Waals surface area contributed by atoms with Gasteiger partial charge in [-0.3, -0.25) is 0 Å². The minimum absolute atomic E-state index is 0.810. The van der Waals surface area contributed by atoms with Crippen LogP contribution < -0.4 is 15.0 Å². The summed E-state index contributed by atoms with van der Waals surface area (Å²) in [5.74, 6) is 1.67. The van der Waals surface area contributed by atoms with Gasteiger partial charge in [0.2, 0.25) is 0 Å². The molecule has 0 saturated heterocycles. The van der Waals surface area contributed by atoms with E-state index in [-0.39, 0.29) is 0 Å². The zero-order valence-corrected chi connectivity index (χ0v) is 15.5. The number of hydrogen-bond donors (Lipinski definition) is 1. The average Bonchev–Trinajstić information content (AvgIpc) is 3.14. The summed E-state index contributed by atoms with van der Waals surface area (Å²) in [6.45, 7) is 0. The summed E-state index contributed by atoms with van der Waals surface area (Å²) in [4.78, 5) is 6.63. The maximum absolute atomic E-state index is 5.21. The van der Waals surface area contributed by atoms with Gasteiger partial charge in [0, 0.05) is 37.2 Å². The summed E-state index contributed by atoms with van der Waals surface area (Å²) in [6, 6.07) is 18.0. The van der Waals surface area contributed by atoms with E-state index in [1.165, 1.54) is 0 Å². The van der Waals surface area contributed by atoms with Crippen LogP contribution in [0.5, 0.6) is 5.75 Å². The molecule has 2 aromatic heterocycles. The van der Waals surface area contributed by atoms with Crippen LogP contribution in [0, 0.1) is 0 Å². The van der Waals surface area contributed by atoms with E-state index in [1.807, 2.05) is 61.2 Å². The molecule has 2 heterocycles. The molecule has 6 heteroatoms. The molecular weight excluding hydrogens is 338 g/mol. The van der Waals surface area contributed by atoms with Crippen molar-refractivity contribution in [1.29, 1.82) is 0 Å². The van der Waals surface area contributed by atoms with Crippen LogP contribution in [0.15, 0.2) is 67.0 Å². The third kappa shape index (κ3) is 3.29. The van der Waals surface area contributed by atoms with Crippen LogP contribution >= 0.6 is 0 Å². The first-order chi connectivity index (χ1) is 13.2. The summed E-state index contributed by atoms with van der Waals surface area (Å²) in [6.07, 6.45) is 3.65. The smallest absolute Gasteiger partial charge is 0.165 e. The van der Waals surface area contributed by atoms with Crippen molar-refractivity contribution >= 4 is 22.8 Å². The van der Waals surface area contributed by atoms with Gasteiger partial charge in [0.1, 0.15) is 11.6 Å². The van der Waals surface area contributed by atoms with Gasteiger partial charge in [-0.2, -0.15) is 9.61 Å². The number of ether oxygens (including phenoxy) is 1. The molecule has 1 N–H and O–H groups in total. The monoisotopic (exact) mass is 359 g/mol. The van der Waals surface area contributed by atoms with Gasteiger partial charge in [-0.1, -0.05) is 12.1 Å². The van der Waals surface area contributed by atoms with Crippen molar-refractivity contribution in [1.82, 2.24) is 14.6 Å². The lowest BCUT2D eigenvalue weighted by Gasteiger charge is -2.13. The molecule has 0 spiro atoms. The Morgan fingerprint density at radius 3 is 2.59 bits per heavy atom. The molecule has 4 aromatic rings. The van der Waals surface area contributed by atoms with Crippen molar-refractivity contribution in [3.05, 3.63) is 67.0 Å². The van der Waals surface area contributed by atoms with Gasteiger partial charge in [-0.15, -0.1) is 0 Å². The number of rotatable bonds is 5. The van der Waals surface area contributed by atoms with Crippen molar-refractivity contribution in [3.8, 4) is 16.9 Å². The highest BCUT2D eigenvalue weighted by Crippen LogP contribution is 2.28. The zero-order chi connectivity index (χ0) is 18.8. The fraction of sp³-hybridized carbons (Fsp3) is 0.143. The molecular formula is C21H21N5O. The van der Waals surface area contributed by atoms with Gasteiger partial charge in [0.15, 0.2) is 5.65 Å². The fourth-order valence-electron chi connectivity index (χ4n) is 2.96. The number of fused-ring (bicyclic) bond motifs is 1. The highest BCUT2D eigenvalue weighted by molar-refractivity contribution is 5.80. The molecule has 4 rings (SSSR count). The van der Waals surface area contributed by atoms with Gasteiger partial charge in [-0.05, 0) is 48.0 Å². The van der Waals surface area contributed by atoms with E-state index in [0.717, 1.165) is 39.7 Å². The first kappa shape index (κ1) is 16.9. The number of anilines is 3. The van der Waals surface area contributed by atoms with Crippen molar-refractivity contribution in [2.45, 2.75) is 0 Å². The lowest BCUT2D eigenvalue weighted by molar-refractivity contribution is 0.415. The number of nitrogens with zero attached hydrogens (tertiary/aromatic N) is 4. The number of benzene rings is 2. The van der Waals surface area contributed by atoms with Crippen LogP contribution in [-0.4, -0.2) is 35.8 Å². The molecule has 0 radical (unpaired) electrons. The van der Waals surface area contributed by atoms with Gasteiger partial charge in [-0.25, -0.2) is 4.98 Å². The highest BCUT2D eigenvalue weighted by Gasteiger charge is 2.11. The third-order valence-electron chi connectivity index (χ3n) is 4.44. The predicted octanol–water partition coefficient (Wildman–Crippen LogP) is 4.21. The Labute approximate surface area is 158 Å². The zero-order valence-electron chi connectivity index (χ0n) is 15.5. The van der Waals surface area contributed by atoms with Gasteiger partial charge in [0.25, 0.3) is 0 Å². The number of aromatic nitrogens is 3. The number of nitrogens with one attached hydrogen (secondary N) is 1. The minimum atomic E-state index is 0.810. The summed E-state index contributed by atoms with van der Waals surface area (Å²) in [5, 5.41) is 7.94. The Hall–Kier alpha value is -3.54. The van der Waals surface area contributed by atoms with Crippen molar-refractivity contribution in [3.63, 3.8) is 0 Å². The minimum Gasteiger partial charge on any atom is -0.497 e. The Bertz CT molecular complexity index is 1070. The van der Waals surface area contributed by atoms with E-state index in [0.29, 0.717) is 0 Å². The fourth-order valence-corrected chi connectivity index (χ4v) is 2.96. The normalized spacial score (nSPS) is 10.8. The second-order valence-corrected chi connectivity index (χ2v) is 6.42. The van der Waals surface area contributed by atoms with Crippen LogP contribution in [-0.2, 0) is 0 Å². The molecule has 0 aliphatic heterocycles. The second kappa shape index (κ2) is 6.99. The molecule has 0 saturated carbocycles. The molecule has 0 aliphatic carbocycles. The maximum atomic E-state index is 5.21. The first-order valence-corrected chi connectivity index (χ1v) is 8.67. The summed E-state index contributed by atoms with van der Waals surface area (Å²) in [5.41, 5.74) is 4.99. The maximum Gasteiger partial charge on any atom is 0.165 e. The molecule has 27 heavy (non-hydrogen) atoms. The molecule has 6 nitrogen and oxygen atoms in total. The average molecular weight is 359 g/mol. The van der Waals surface area contributed by atoms with E-state index in [4.69, 9.17) is 4.74 Å². The Balaban J connectivity index is 1.72.